The Balaban J connectivity index is 1.02. The first kappa shape index (κ1) is 64.9. The standard InChI is InChI=1S/C96H96Si3/c1-15-95(11,16-2)65-43-51-79-83(57-65)93(77-47-39-61(9)69-31-23-25-33-71(69)77)81-53-45-66(97(12,17-3)18-4)58-84(81)91(79)63-41-49-75-73-35-27-29-37-87(73)96(89(75)55-63)88-38-30-28-36-74(88)76-50-42-64(56-90(76)96)92-80-52-44-68(99(14,21-7)22-8)60-86(80)94(78-48-40-62(10)70-32-24-26-34-72(70)78)82-54-46-67(59-85(82)92)98(13,19-5)20-6/h23-60H,15-22H2,1-14H3. The lowest BCUT2D eigenvalue weighted by atomic mass is 9.69. The highest BCUT2D eigenvalue weighted by Crippen LogP contribution is 2.64. The van der Waals surface area contributed by atoms with Crippen molar-refractivity contribution in [3.8, 4) is 66.8 Å². The van der Waals surface area contributed by atoms with Crippen LogP contribution in [0, 0.1) is 13.8 Å². The molecule has 3 heteroatoms. The van der Waals surface area contributed by atoms with E-state index < -0.39 is 29.6 Å². The van der Waals surface area contributed by atoms with E-state index in [0.717, 1.165) is 12.8 Å². The van der Waals surface area contributed by atoms with Gasteiger partial charge in [0, 0.05) is 0 Å². The number of aryl methyl sites for hydroxylation is 2. The Kier molecular flexibility index (Phi) is 15.9. The first-order chi connectivity index (χ1) is 48.0. The fourth-order valence-corrected chi connectivity index (χ4v) is 25.5. The van der Waals surface area contributed by atoms with Crippen LogP contribution in [0.1, 0.15) is 114 Å². The maximum absolute atomic E-state index is 2.70. The van der Waals surface area contributed by atoms with Crippen molar-refractivity contribution in [3.63, 3.8) is 0 Å². The summed E-state index contributed by atoms with van der Waals surface area (Å²) in [5, 5.41) is 20.7. The molecule has 1 unspecified atom stereocenters. The second-order valence-corrected chi connectivity index (χ2v) is 46.3. The van der Waals surface area contributed by atoms with Gasteiger partial charge in [-0.1, -0.05) is 346 Å². The lowest BCUT2D eigenvalue weighted by Gasteiger charge is -2.32. The van der Waals surface area contributed by atoms with Crippen LogP contribution in [0.4, 0.5) is 0 Å². The van der Waals surface area contributed by atoms with Gasteiger partial charge in [-0.05, 0) is 221 Å². The molecule has 14 aromatic rings. The van der Waals surface area contributed by atoms with E-state index in [0.29, 0.717) is 0 Å². The summed E-state index contributed by atoms with van der Waals surface area (Å²) >= 11 is 0. The van der Waals surface area contributed by atoms with Crippen LogP contribution in [0.2, 0.25) is 55.9 Å². The van der Waals surface area contributed by atoms with Crippen LogP contribution in [-0.2, 0) is 10.8 Å². The molecule has 1 spiro atoms. The average Bonchev–Trinajstić information content (AvgIpc) is 1.53. The highest BCUT2D eigenvalue weighted by molar-refractivity contribution is 6.92. The molecule has 0 fully saturated rings. The first-order valence-corrected chi connectivity index (χ1v) is 46.3. The molecular formula is C96H96Si3. The molecule has 0 bridgehead atoms. The Hall–Kier alpha value is -8.71. The van der Waals surface area contributed by atoms with Crippen molar-refractivity contribution in [1.82, 2.24) is 0 Å². The van der Waals surface area contributed by atoms with E-state index in [1.54, 1.807) is 15.6 Å². The number of fused-ring (bicyclic) bond motifs is 16. The Morgan fingerprint density at radius 2 is 0.596 bits per heavy atom. The molecule has 492 valence electrons. The minimum Gasteiger partial charge on any atom is -0.0675 e. The minimum absolute atomic E-state index is 0.0194. The number of benzene rings is 14. The predicted molar refractivity (Wildman–Crippen MR) is 444 cm³/mol. The van der Waals surface area contributed by atoms with Gasteiger partial charge in [0.05, 0.1) is 29.6 Å². The topological polar surface area (TPSA) is 0 Å². The molecule has 1 atom stereocenters. The smallest absolute Gasteiger partial charge is 0.0675 e. The van der Waals surface area contributed by atoms with Gasteiger partial charge in [-0.25, -0.2) is 0 Å². The Morgan fingerprint density at radius 1 is 0.273 bits per heavy atom. The lowest BCUT2D eigenvalue weighted by Crippen LogP contribution is -2.43. The summed E-state index contributed by atoms with van der Waals surface area (Å²) in [5.74, 6) is 0. The van der Waals surface area contributed by atoms with Gasteiger partial charge < -0.3 is 0 Å². The number of rotatable bonds is 16. The zero-order valence-electron chi connectivity index (χ0n) is 61.1. The van der Waals surface area contributed by atoms with Crippen molar-refractivity contribution >= 4 is 104 Å². The van der Waals surface area contributed by atoms with Crippen LogP contribution in [-0.4, -0.2) is 24.2 Å². The van der Waals surface area contributed by atoms with Gasteiger partial charge in [0.25, 0.3) is 0 Å². The maximum Gasteiger partial charge on any atom is 0.0831 e. The zero-order chi connectivity index (χ0) is 68.7. The Labute approximate surface area is 592 Å². The Morgan fingerprint density at radius 3 is 0.990 bits per heavy atom. The largest absolute Gasteiger partial charge is 0.0831 e. The molecule has 0 amide bonds. The molecule has 0 saturated carbocycles. The van der Waals surface area contributed by atoms with Crippen LogP contribution in [0.3, 0.4) is 0 Å². The summed E-state index contributed by atoms with van der Waals surface area (Å²) in [4.78, 5) is 0. The van der Waals surface area contributed by atoms with Crippen molar-refractivity contribution in [2.45, 2.75) is 156 Å². The SMILES string of the molecule is CCC(C)(CC)c1ccc2c(-c3ccc4c(c3)C3(c5ccccc5-4)c4ccccc4-c4ccc(-c5c6cc([Si](C)(CC)CC)ccc6c(-c6ccc(C)c7ccccc67)c6cc([Si](C)(CC)CC)ccc56)cc43)c3cc([Si](C)(CC)CC)ccc3c(-c3ccc(C)c4ccccc34)c2c1. The summed E-state index contributed by atoms with van der Waals surface area (Å²) in [6, 6.07) is 101. The summed E-state index contributed by atoms with van der Waals surface area (Å²) in [5.41, 5.74) is 24.9. The molecule has 2 aliphatic rings. The fourth-order valence-electron chi connectivity index (χ4n) is 18.6. The summed E-state index contributed by atoms with van der Waals surface area (Å²) < 4.78 is 0. The van der Waals surface area contributed by atoms with Gasteiger partial charge in [0.15, 0.2) is 0 Å². The minimum atomic E-state index is -1.87. The van der Waals surface area contributed by atoms with E-state index >= 15 is 0 Å². The molecule has 0 saturated heterocycles. The fraction of sp³-hybridized carbons (Fsp3) is 0.250. The zero-order valence-corrected chi connectivity index (χ0v) is 64.1. The molecule has 16 rings (SSSR count). The van der Waals surface area contributed by atoms with E-state index in [2.05, 4.69) is 326 Å². The normalized spacial score (nSPS) is 14.5. The van der Waals surface area contributed by atoms with Gasteiger partial charge in [0.2, 0.25) is 0 Å². The van der Waals surface area contributed by atoms with Gasteiger partial charge in [-0.3, -0.25) is 0 Å². The molecular weight excluding hydrogens is 1240 g/mol. The molecule has 0 radical (unpaired) electrons. The first-order valence-electron chi connectivity index (χ1n) is 37.5. The summed E-state index contributed by atoms with van der Waals surface area (Å²) in [6.45, 7) is 34.3. The second kappa shape index (κ2) is 24.3. The van der Waals surface area contributed by atoms with Gasteiger partial charge in [0.1, 0.15) is 0 Å². The molecule has 14 aromatic carbocycles. The van der Waals surface area contributed by atoms with Crippen LogP contribution in [0.5, 0.6) is 0 Å². The van der Waals surface area contributed by atoms with E-state index in [4.69, 9.17) is 0 Å². The number of hydrogen-bond acceptors (Lipinski definition) is 0. The quantitative estimate of drug-likeness (QED) is 0.0668. The van der Waals surface area contributed by atoms with Gasteiger partial charge in [-0.15, -0.1) is 0 Å². The third-order valence-electron chi connectivity index (χ3n) is 26.8. The van der Waals surface area contributed by atoms with E-state index in [1.807, 2.05) is 0 Å². The van der Waals surface area contributed by atoms with Crippen molar-refractivity contribution in [2.75, 3.05) is 0 Å². The average molecular weight is 1330 g/mol. The van der Waals surface area contributed by atoms with Crippen LogP contribution < -0.4 is 15.6 Å². The molecule has 0 heterocycles. The van der Waals surface area contributed by atoms with Gasteiger partial charge in [-0.2, -0.15) is 0 Å². The van der Waals surface area contributed by atoms with Crippen molar-refractivity contribution in [2.24, 2.45) is 0 Å². The second-order valence-electron chi connectivity index (χ2n) is 30.9. The van der Waals surface area contributed by atoms with Gasteiger partial charge >= 0.3 is 0 Å². The van der Waals surface area contributed by atoms with Crippen LogP contribution in [0.25, 0.3) is 131 Å². The highest BCUT2D eigenvalue weighted by Gasteiger charge is 2.52. The van der Waals surface area contributed by atoms with E-state index in [1.165, 1.54) is 207 Å². The Bertz CT molecular complexity index is 5300. The summed E-state index contributed by atoms with van der Waals surface area (Å²) in [7, 11) is -5.57. The third kappa shape index (κ3) is 9.52. The van der Waals surface area contributed by atoms with E-state index in [-0.39, 0.29) is 5.41 Å². The molecule has 0 N–H and O–H groups in total. The highest BCUT2D eigenvalue weighted by atomic mass is 28.3. The van der Waals surface area contributed by atoms with Crippen LogP contribution in [0.15, 0.2) is 231 Å². The van der Waals surface area contributed by atoms with Crippen LogP contribution >= 0.6 is 0 Å². The monoisotopic (exact) mass is 1330 g/mol. The molecule has 0 aliphatic heterocycles. The number of hydrogen-bond donors (Lipinski definition) is 0. The third-order valence-corrected chi connectivity index (χ3v) is 41.2. The molecule has 99 heavy (non-hydrogen) atoms. The predicted octanol–water partition coefficient (Wildman–Crippen LogP) is 26.3. The van der Waals surface area contributed by atoms with E-state index in [9.17, 15) is 0 Å². The van der Waals surface area contributed by atoms with Crippen molar-refractivity contribution in [3.05, 3.63) is 269 Å². The van der Waals surface area contributed by atoms with Crippen molar-refractivity contribution < 1.29 is 0 Å². The maximum atomic E-state index is 2.70. The molecule has 2 aliphatic carbocycles. The van der Waals surface area contributed by atoms with Crippen molar-refractivity contribution in [1.29, 1.82) is 0 Å². The molecule has 0 nitrogen and oxygen atoms in total. The molecule has 0 aromatic heterocycles. The summed E-state index contributed by atoms with van der Waals surface area (Å²) in [6.07, 6.45) is 2.14. The lowest BCUT2D eigenvalue weighted by molar-refractivity contribution is 0.439.